The molecule has 0 aliphatic heterocycles. The minimum absolute atomic E-state index is 0.471. The van der Waals surface area contributed by atoms with Crippen molar-refractivity contribution in [2.24, 2.45) is 11.7 Å². The number of rotatable bonds is 5. The van der Waals surface area contributed by atoms with Crippen molar-refractivity contribution < 1.29 is 9.59 Å². The Morgan fingerprint density at radius 2 is 1.30 bits per heavy atom. The fraction of sp³-hybridized carbons (Fsp3) is 0.500. The Morgan fingerprint density at radius 3 is 1.50 bits per heavy atom. The molecule has 0 atom stereocenters. The van der Waals surface area contributed by atoms with Crippen LogP contribution in [0.3, 0.4) is 0 Å². The minimum atomic E-state index is 0.471. The number of carbonyl (C=O) groups excluding carboxylic acids is 2. The second kappa shape index (κ2) is 16.0. The van der Waals surface area contributed by atoms with Crippen molar-refractivity contribution in [2.75, 3.05) is 11.5 Å². The van der Waals surface area contributed by atoms with Crippen LogP contribution in [0.25, 0.3) is 0 Å². The van der Waals surface area contributed by atoms with Crippen molar-refractivity contribution in [3.8, 4) is 0 Å². The molecular formula is C4H10N2O2S2. The number of carbonyl (C=O) groups is 2. The summed E-state index contributed by atoms with van der Waals surface area (Å²) < 4.78 is 0. The summed E-state index contributed by atoms with van der Waals surface area (Å²) in [5.74, 6) is 8.94. The van der Waals surface area contributed by atoms with E-state index in [4.69, 9.17) is 0 Å². The molecule has 0 aromatic carbocycles. The first-order valence-electron chi connectivity index (χ1n) is 2.37. The first-order valence-corrected chi connectivity index (χ1v) is 4.85. The van der Waals surface area contributed by atoms with Crippen LogP contribution in [0.2, 0.25) is 0 Å². The van der Waals surface area contributed by atoms with E-state index in [0.717, 1.165) is 12.6 Å². The molecule has 0 unspecified atom stereocenters. The topological polar surface area (TPSA) is 86.2 Å². The Morgan fingerprint density at radius 1 is 1.00 bits per heavy atom. The lowest BCUT2D eigenvalue weighted by Crippen LogP contribution is -2.02. The molecule has 0 aromatic rings. The van der Waals surface area contributed by atoms with Crippen LogP contribution in [-0.2, 0) is 9.59 Å². The number of nitrogens with two attached hydrogens (primary N) is 2. The number of hydrogen-bond donors (Lipinski definition) is 2. The van der Waals surface area contributed by atoms with Crippen molar-refractivity contribution in [2.45, 2.75) is 0 Å². The molecule has 0 saturated heterocycles. The van der Waals surface area contributed by atoms with Gasteiger partial charge in [-0.2, -0.15) is 0 Å². The van der Waals surface area contributed by atoms with Gasteiger partial charge in [-0.3, -0.25) is 11.7 Å². The fourth-order valence-corrected chi connectivity index (χ4v) is 1.37. The molecule has 0 aliphatic rings. The van der Waals surface area contributed by atoms with Gasteiger partial charge in [-0.25, -0.2) is 0 Å². The van der Waals surface area contributed by atoms with Crippen molar-refractivity contribution >= 4 is 34.2 Å². The summed E-state index contributed by atoms with van der Waals surface area (Å²) in [6.45, 7) is 0. The Hall–Kier alpha value is -0.0400. The van der Waals surface area contributed by atoms with Crippen molar-refractivity contribution in [3.63, 3.8) is 0 Å². The van der Waals surface area contributed by atoms with Crippen LogP contribution in [0.1, 0.15) is 0 Å². The van der Waals surface area contributed by atoms with E-state index in [-0.39, 0.29) is 0 Å². The van der Waals surface area contributed by atoms with E-state index >= 15 is 0 Å². The number of aldehydes is 2. The van der Waals surface area contributed by atoms with Gasteiger partial charge in [-0.15, -0.1) is 0 Å². The van der Waals surface area contributed by atoms with E-state index in [9.17, 15) is 9.59 Å². The molecule has 0 aliphatic carbocycles. The molecule has 6 heteroatoms. The zero-order valence-corrected chi connectivity index (χ0v) is 6.99. The maximum Gasteiger partial charge on any atom is 0.130 e. The molecule has 0 radical (unpaired) electrons. The lowest BCUT2D eigenvalue weighted by Gasteiger charge is -1.85. The highest BCUT2D eigenvalue weighted by atomic mass is 33.1. The van der Waals surface area contributed by atoms with E-state index in [1.807, 2.05) is 0 Å². The Kier molecular flexibility index (Phi) is 20.2. The fourth-order valence-electron chi connectivity index (χ4n) is 0.152. The Bertz CT molecular complexity index is 71.7. The smallest absolute Gasteiger partial charge is 0.130 e. The predicted molar refractivity (Wildman–Crippen MR) is 45.4 cm³/mol. The van der Waals surface area contributed by atoms with Gasteiger partial charge in [-0.05, 0) is 0 Å². The number of hydrogen-bond acceptors (Lipinski definition) is 6. The van der Waals surface area contributed by atoms with Gasteiger partial charge in [0, 0.05) is 0 Å². The molecule has 0 bridgehead atoms. The largest absolute Gasteiger partial charge is 0.302 e. The summed E-state index contributed by atoms with van der Waals surface area (Å²) in [6.07, 6.45) is 1.64. The third kappa shape index (κ3) is 15.7. The van der Waals surface area contributed by atoms with Crippen LogP contribution < -0.4 is 11.7 Å². The summed E-state index contributed by atoms with van der Waals surface area (Å²) in [6, 6.07) is 0. The SMILES string of the molecule is NN.O=CCSSCC=O. The maximum absolute atomic E-state index is 9.65. The molecular weight excluding hydrogens is 172 g/mol. The monoisotopic (exact) mass is 182 g/mol. The molecule has 4 N–H and O–H groups in total. The molecule has 60 valence electrons. The quantitative estimate of drug-likeness (QED) is 0.197. The van der Waals surface area contributed by atoms with Crippen LogP contribution in [0.5, 0.6) is 0 Å². The first kappa shape index (κ1) is 12.6. The van der Waals surface area contributed by atoms with E-state index in [1.165, 1.54) is 21.6 Å². The molecule has 10 heavy (non-hydrogen) atoms. The summed E-state index contributed by atoms with van der Waals surface area (Å²) in [7, 11) is 2.79. The Labute approximate surface area is 67.5 Å². The van der Waals surface area contributed by atoms with Crippen LogP contribution in [0, 0.1) is 0 Å². The molecule has 4 nitrogen and oxygen atoms in total. The molecule has 0 amide bonds. The van der Waals surface area contributed by atoms with Crippen molar-refractivity contribution in [1.82, 2.24) is 0 Å². The van der Waals surface area contributed by atoms with Gasteiger partial charge in [0.1, 0.15) is 12.6 Å². The molecule has 0 heterocycles. The third-order valence-electron chi connectivity index (χ3n) is 0.355. The van der Waals surface area contributed by atoms with E-state index in [1.54, 1.807) is 0 Å². The van der Waals surface area contributed by atoms with Gasteiger partial charge in [-0.1, -0.05) is 21.6 Å². The van der Waals surface area contributed by atoms with Crippen molar-refractivity contribution in [3.05, 3.63) is 0 Å². The average molecular weight is 182 g/mol. The summed E-state index contributed by atoms with van der Waals surface area (Å²) in [4.78, 5) is 19.3. The normalized spacial score (nSPS) is 7.40. The third-order valence-corrected chi connectivity index (χ3v) is 2.38. The molecule has 0 saturated carbocycles. The highest BCUT2D eigenvalue weighted by Crippen LogP contribution is 2.17. The van der Waals surface area contributed by atoms with Crippen LogP contribution in [0.15, 0.2) is 0 Å². The maximum atomic E-state index is 9.65. The molecule has 0 aromatic heterocycles. The standard InChI is InChI=1S/C4H6O2S2.H4N2/c5-1-3-7-8-4-2-6;1-2/h1-2H,3-4H2;1-2H2. The second-order valence-electron chi connectivity index (χ2n) is 0.902. The molecule has 0 spiro atoms. The highest BCUT2D eigenvalue weighted by Gasteiger charge is 1.84. The van der Waals surface area contributed by atoms with Crippen molar-refractivity contribution in [1.29, 1.82) is 0 Å². The predicted octanol–water partition coefficient (Wildman–Crippen LogP) is -0.416. The van der Waals surface area contributed by atoms with Gasteiger partial charge in [0.2, 0.25) is 0 Å². The average Bonchev–Trinajstić information content (AvgIpc) is 2.02. The summed E-state index contributed by atoms with van der Waals surface area (Å²) in [5, 5.41) is 0. The van der Waals surface area contributed by atoms with Crippen LogP contribution in [0.4, 0.5) is 0 Å². The second-order valence-corrected chi connectivity index (χ2v) is 3.45. The van der Waals surface area contributed by atoms with Gasteiger partial charge in [0.05, 0.1) is 11.5 Å². The van der Waals surface area contributed by atoms with Crippen LogP contribution >= 0.6 is 21.6 Å². The Balaban J connectivity index is 0. The zero-order chi connectivity index (χ0) is 8.24. The lowest BCUT2D eigenvalue weighted by molar-refractivity contribution is -0.106. The minimum Gasteiger partial charge on any atom is -0.302 e. The van der Waals surface area contributed by atoms with E-state index in [2.05, 4.69) is 11.7 Å². The molecule has 0 fully saturated rings. The summed E-state index contributed by atoms with van der Waals surface area (Å²) >= 11 is 0. The van der Waals surface area contributed by atoms with Gasteiger partial charge in [0.15, 0.2) is 0 Å². The van der Waals surface area contributed by atoms with Crippen LogP contribution in [-0.4, -0.2) is 24.1 Å². The van der Waals surface area contributed by atoms with Gasteiger partial charge >= 0.3 is 0 Å². The van der Waals surface area contributed by atoms with Gasteiger partial charge < -0.3 is 9.59 Å². The summed E-state index contributed by atoms with van der Waals surface area (Å²) in [5.41, 5.74) is 0. The zero-order valence-electron chi connectivity index (χ0n) is 5.36. The van der Waals surface area contributed by atoms with E-state index in [0.29, 0.717) is 11.5 Å². The highest BCUT2D eigenvalue weighted by molar-refractivity contribution is 8.77. The lowest BCUT2D eigenvalue weighted by atomic mass is 10.9. The van der Waals surface area contributed by atoms with Gasteiger partial charge in [0.25, 0.3) is 0 Å². The molecule has 0 rings (SSSR count). The number of hydrazine groups is 1. The first-order chi connectivity index (χ1) is 4.91. The van der Waals surface area contributed by atoms with E-state index < -0.39 is 0 Å².